The van der Waals surface area contributed by atoms with E-state index < -0.39 is 5.97 Å². The standard InChI is InChI=1S/C13H19N3O3S/c1-3-20-8-9(2)16-13(19)15-7-11-6-10(12(17)18)4-5-14-11/h4-6,9H,3,7-8H2,1-2H3,(H,17,18)(H2,15,16,19). The van der Waals surface area contributed by atoms with Crippen LogP contribution in [0.25, 0.3) is 0 Å². The van der Waals surface area contributed by atoms with E-state index in [9.17, 15) is 9.59 Å². The van der Waals surface area contributed by atoms with E-state index in [2.05, 4.69) is 22.5 Å². The molecule has 20 heavy (non-hydrogen) atoms. The maximum absolute atomic E-state index is 11.6. The van der Waals surface area contributed by atoms with Gasteiger partial charge in [-0.3, -0.25) is 4.98 Å². The molecule has 0 fully saturated rings. The Bertz CT molecular complexity index is 468. The van der Waals surface area contributed by atoms with Crippen molar-refractivity contribution in [2.75, 3.05) is 11.5 Å². The molecule has 0 radical (unpaired) electrons. The molecule has 110 valence electrons. The van der Waals surface area contributed by atoms with E-state index in [0.29, 0.717) is 5.69 Å². The van der Waals surface area contributed by atoms with Crippen molar-refractivity contribution in [3.8, 4) is 0 Å². The van der Waals surface area contributed by atoms with Gasteiger partial charge in [0.05, 0.1) is 17.8 Å². The lowest BCUT2D eigenvalue weighted by Gasteiger charge is -2.13. The molecule has 1 rings (SSSR count). The lowest BCUT2D eigenvalue weighted by atomic mass is 10.2. The van der Waals surface area contributed by atoms with Crippen LogP contribution >= 0.6 is 11.8 Å². The zero-order valence-corrected chi connectivity index (χ0v) is 12.4. The molecule has 0 saturated heterocycles. The minimum absolute atomic E-state index is 0.0817. The molecular weight excluding hydrogens is 278 g/mol. The van der Waals surface area contributed by atoms with E-state index >= 15 is 0 Å². The largest absolute Gasteiger partial charge is 0.478 e. The zero-order valence-electron chi connectivity index (χ0n) is 11.5. The monoisotopic (exact) mass is 297 g/mol. The molecule has 0 aromatic carbocycles. The normalized spacial score (nSPS) is 11.7. The predicted molar refractivity (Wildman–Crippen MR) is 79.0 cm³/mol. The summed E-state index contributed by atoms with van der Waals surface area (Å²) >= 11 is 1.76. The first-order valence-electron chi connectivity index (χ1n) is 6.33. The van der Waals surface area contributed by atoms with Gasteiger partial charge in [-0.15, -0.1) is 0 Å². The van der Waals surface area contributed by atoms with Crippen molar-refractivity contribution < 1.29 is 14.7 Å². The highest BCUT2D eigenvalue weighted by atomic mass is 32.2. The SMILES string of the molecule is CCSCC(C)NC(=O)NCc1cc(C(=O)O)ccn1. The highest BCUT2D eigenvalue weighted by molar-refractivity contribution is 7.99. The molecule has 0 bridgehead atoms. The lowest BCUT2D eigenvalue weighted by Crippen LogP contribution is -2.41. The first-order chi connectivity index (χ1) is 9.52. The molecular formula is C13H19N3O3S. The number of nitrogens with zero attached hydrogens (tertiary/aromatic N) is 1. The summed E-state index contributed by atoms with van der Waals surface area (Å²) in [6.07, 6.45) is 1.42. The van der Waals surface area contributed by atoms with Gasteiger partial charge in [0.1, 0.15) is 0 Å². The number of urea groups is 1. The van der Waals surface area contributed by atoms with E-state index in [4.69, 9.17) is 5.11 Å². The van der Waals surface area contributed by atoms with E-state index in [1.165, 1.54) is 18.3 Å². The molecule has 1 aromatic heterocycles. The number of carbonyl (C=O) groups is 2. The molecule has 1 unspecified atom stereocenters. The molecule has 0 aliphatic heterocycles. The van der Waals surface area contributed by atoms with Crippen LogP contribution in [0.3, 0.4) is 0 Å². The number of aromatic carboxylic acids is 1. The van der Waals surface area contributed by atoms with Gasteiger partial charge in [0.2, 0.25) is 0 Å². The number of hydrogen-bond acceptors (Lipinski definition) is 4. The fourth-order valence-corrected chi connectivity index (χ4v) is 2.16. The number of amides is 2. The van der Waals surface area contributed by atoms with Gasteiger partial charge in [-0.25, -0.2) is 9.59 Å². The van der Waals surface area contributed by atoms with Crippen molar-refractivity contribution >= 4 is 23.8 Å². The van der Waals surface area contributed by atoms with Gasteiger partial charge in [-0.2, -0.15) is 11.8 Å². The molecule has 3 N–H and O–H groups in total. The Morgan fingerprint density at radius 2 is 2.25 bits per heavy atom. The van der Waals surface area contributed by atoms with Crippen molar-refractivity contribution in [1.29, 1.82) is 0 Å². The number of aromatic nitrogens is 1. The van der Waals surface area contributed by atoms with Crippen LogP contribution in [0, 0.1) is 0 Å². The fourth-order valence-electron chi connectivity index (χ4n) is 1.49. The molecule has 0 aliphatic rings. The minimum atomic E-state index is -1.01. The summed E-state index contributed by atoms with van der Waals surface area (Å²) < 4.78 is 0. The minimum Gasteiger partial charge on any atom is -0.478 e. The van der Waals surface area contributed by atoms with Crippen molar-refractivity contribution in [2.24, 2.45) is 0 Å². The first kappa shape index (κ1) is 16.3. The maximum Gasteiger partial charge on any atom is 0.335 e. The van der Waals surface area contributed by atoms with E-state index in [1.807, 2.05) is 6.92 Å². The molecule has 0 spiro atoms. The van der Waals surface area contributed by atoms with Gasteiger partial charge in [-0.1, -0.05) is 6.92 Å². The van der Waals surface area contributed by atoms with Gasteiger partial charge >= 0.3 is 12.0 Å². The number of carboxylic acids is 1. The van der Waals surface area contributed by atoms with Crippen LogP contribution in [0.4, 0.5) is 4.79 Å². The summed E-state index contributed by atoms with van der Waals surface area (Å²) in [5, 5.41) is 14.3. The molecule has 6 nitrogen and oxygen atoms in total. The van der Waals surface area contributed by atoms with Gasteiger partial charge in [-0.05, 0) is 24.8 Å². The third-order valence-electron chi connectivity index (χ3n) is 2.44. The average Bonchev–Trinajstić information content (AvgIpc) is 2.43. The van der Waals surface area contributed by atoms with E-state index in [0.717, 1.165) is 11.5 Å². The Labute approximate surface area is 122 Å². The molecule has 1 aromatic rings. The van der Waals surface area contributed by atoms with Crippen LogP contribution in [0.15, 0.2) is 18.3 Å². The van der Waals surface area contributed by atoms with Crippen molar-refractivity contribution in [3.05, 3.63) is 29.6 Å². The van der Waals surface area contributed by atoms with Crippen LogP contribution in [0.2, 0.25) is 0 Å². The van der Waals surface area contributed by atoms with E-state index in [-0.39, 0.29) is 24.2 Å². The van der Waals surface area contributed by atoms with Gasteiger partial charge < -0.3 is 15.7 Å². The third kappa shape index (κ3) is 5.92. The number of hydrogen-bond donors (Lipinski definition) is 3. The number of nitrogens with one attached hydrogen (secondary N) is 2. The molecule has 1 heterocycles. The number of carbonyl (C=O) groups excluding carboxylic acids is 1. The average molecular weight is 297 g/mol. The highest BCUT2D eigenvalue weighted by Crippen LogP contribution is 2.02. The molecule has 0 saturated carbocycles. The third-order valence-corrected chi connectivity index (χ3v) is 3.59. The number of pyridine rings is 1. The quantitative estimate of drug-likeness (QED) is 0.713. The second kappa shape index (κ2) is 8.42. The van der Waals surface area contributed by atoms with Crippen LogP contribution in [0.1, 0.15) is 29.9 Å². The fraction of sp³-hybridized carbons (Fsp3) is 0.462. The first-order valence-corrected chi connectivity index (χ1v) is 7.48. The van der Waals surface area contributed by atoms with Crippen LogP contribution in [-0.2, 0) is 6.54 Å². The van der Waals surface area contributed by atoms with E-state index in [1.54, 1.807) is 11.8 Å². The Morgan fingerprint density at radius 1 is 1.50 bits per heavy atom. The number of carboxylic acid groups (broad SMARTS) is 1. The Balaban J connectivity index is 2.41. The van der Waals surface area contributed by atoms with Crippen LogP contribution in [-0.4, -0.2) is 39.6 Å². The second-order valence-corrected chi connectivity index (χ2v) is 5.55. The predicted octanol–water partition coefficient (Wildman–Crippen LogP) is 1.72. The molecule has 1 atom stereocenters. The van der Waals surface area contributed by atoms with Crippen molar-refractivity contribution in [2.45, 2.75) is 26.4 Å². The Hall–Kier alpha value is -1.76. The lowest BCUT2D eigenvalue weighted by molar-refractivity contribution is 0.0696. The summed E-state index contributed by atoms with van der Waals surface area (Å²) in [5.41, 5.74) is 0.667. The van der Waals surface area contributed by atoms with Gasteiger partial charge in [0.15, 0.2) is 0 Å². The number of thioether (sulfide) groups is 1. The van der Waals surface area contributed by atoms with Crippen LogP contribution in [0.5, 0.6) is 0 Å². The van der Waals surface area contributed by atoms with Gasteiger partial charge in [0, 0.05) is 18.0 Å². The summed E-state index contributed by atoms with van der Waals surface area (Å²) in [6, 6.07) is 2.66. The zero-order chi connectivity index (χ0) is 15.0. The summed E-state index contributed by atoms with van der Waals surface area (Å²) in [6.45, 7) is 4.20. The summed E-state index contributed by atoms with van der Waals surface area (Å²) in [4.78, 5) is 26.5. The molecule has 2 amide bonds. The smallest absolute Gasteiger partial charge is 0.335 e. The summed E-state index contributed by atoms with van der Waals surface area (Å²) in [5.74, 6) is 0.860. The number of rotatable bonds is 7. The van der Waals surface area contributed by atoms with Crippen molar-refractivity contribution in [3.63, 3.8) is 0 Å². The van der Waals surface area contributed by atoms with Crippen LogP contribution < -0.4 is 10.6 Å². The highest BCUT2D eigenvalue weighted by Gasteiger charge is 2.08. The second-order valence-electron chi connectivity index (χ2n) is 4.23. The van der Waals surface area contributed by atoms with Crippen molar-refractivity contribution in [1.82, 2.24) is 15.6 Å². The topological polar surface area (TPSA) is 91.3 Å². The maximum atomic E-state index is 11.6. The Morgan fingerprint density at radius 3 is 2.90 bits per heavy atom. The molecule has 0 aliphatic carbocycles. The Kier molecular flexibility index (Phi) is 6.86. The van der Waals surface area contributed by atoms with Gasteiger partial charge in [0.25, 0.3) is 0 Å². The molecule has 7 heteroatoms. The summed E-state index contributed by atoms with van der Waals surface area (Å²) in [7, 11) is 0.